The summed E-state index contributed by atoms with van der Waals surface area (Å²) in [6, 6.07) is 12.7. The lowest BCUT2D eigenvalue weighted by Gasteiger charge is -2.18. The average Bonchev–Trinajstić information content (AvgIpc) is 3.55. The Morgan fingerprint density at radius 2 is 1.76 bits per heavy atom. The Bertz CT molecular complexity index is 1200. The molecule has 2 aromatic heterocycles. The number of hydrogen-bond donors (Lipinski definition) is 2. The summed E-state index contributed by atoms with van der Waals surface area (Å²) < 4.78 is 40.0. The van der Waals surface area contributed by atoms with Gasteiger partial charge in [0.05, 0.1) is 31.0 Å². The topological polar surface area (TPSA) is 106 Å². The van der Waals surface area contributed by atoms with Crippen LogP contribution >= 0.6 is 11.3 Å². The van der Waals surface area contributed by atoms with E-state index in [1.807, 2.05) is 49.3 Å². The minimum atomic E-state index is -3.60. The van der Waals surface area contributed by atoms with Gasteiger partial charge in [0.25, 0.3) is 0 Å². The number of aromatic nitrogens is 2. The van der Waals surface area contributed by atoms with Crippen LogP contribution in [-0.4, -0.2) is 70.0 Å². The largest absolute Gasteiger partial charge is 0.378 e. The second-order valence-corrected chi connectivity index (χ2v) is 11.1. The molecule has 0 bridgehead atoms. The first kappa shape index (κ1) is 22.2. The van der Waals surface area contributed by atoms with Crippen LogP contribution in [0.5, 0.6) is 0 Å². The number of thiophene rings is 1. The third kappa shape index (κ3) is 4.59. The van der Waals surface area contributed by atoms with Crippen molar-refractivity contribution in [3.63, 3.8) is 0 Å². The van der Waals surface area contributed by atoms with E-state index in [1.54, 1.807) is 23.7 Å². The van der Waals surface area contributed by atoms with E-state index in [0.29, 0.717) is 12.6 Å². The van der Waals surface area contributed by atoms with Gasteiger partial charge in [-0.25, -0.2) is 23.1 Å². The zero-order valence-corrected chi connectivity index (χ0v) is 19.8. The molecule has 0 unspecified atom stereocenters. The van der Waals surface area contributed by atoms with Crippen molar-refractivity contribution in [2.24, 2.45) is 0 Å². The number of nitrogens with zero attached hydrogens (tertiary/aromatic N) is 3. The van der Waals surface area contributed by atoms with Gasteiger partial charge in [-0.15, -0.1) is 11.3 Å². The highest BCUT2D eigenvalue weighted by Gasteiger charge is 2.49. The second kappa shape index (κ2) is 8.99. The summed E-state index contributed by atoms with van der Waals surface area (Å²) in [4.78, 5) is 11.0. The quantitative estimate of drug-likeness (QED) is 0.523. The molecular formula is C22H25N5O4S2. The summed E-state index contributed by atoms with van der Waals surface area (Å²) in [6.45, 7) is 0.620. The van der Waals surface area contributed by atoms with Crippen molar-refractivity contribution in [1.82, 2.24) is 14.7 Å². The highest BCUT2D eigenvalue weighted by Crippen LogP contribution is 2.30. The number of benzene rings is 1. The number of nitrogens with one attached hydrogen (secondary N) is 2. The molecule has 0 aliphatic carbocycles. The van der Waals surface area contributed by atoms with Gasteiger partial charge >= 0.3 is 0 Å². The number of sulfonamides is 1. The zero-order valence-electron chi connectivity index (χ0n) is 18.2. The van der Waals surface area contributed by atoms with E-state index in [-0.39, 0.29) is 29.1 Å². The predicted molar refractivity (Wildman–Crippen MR) is 127 cm³/mol. The lowest BCUT2D eigenvalue weighted by atomic mass is 10.1. The van der Waals surface area contributed by atoms with Crippen LogP contribution in [0.25, 0.3) is 11.3 Å². The van der Waals surface area contributed by atoms with E-state index in [4.69, 9.17) is 9.47 Å². The fourth-order valence-electron chi connectivity index (χ4n) is 4.08. The smallest absolute Gasteiger partial charge is 0.250 e. The van der Waals surface area contributed by atoms with Gasteiger partial charge in [-0.3, -0.25) is 0 Å². The number of rotatable bonds is 7. The summed E-state index contributed by atoms with van der Waals surface area (Å²) >= 11 is 1.18. The minimum Gasteiger partial charge on any atom is -0.378 e. The van der Waals surface area contributed by atoms with Crippen LogP contribution in [0, 0.1) is 0 Å². The van der Waals surface area contributed by atoms with Crippen LogP contribution < -0.4 is 14.9 Å². The van der Waals surface area contributed by atoms with Crippen LogP contribution in [0.3, 0.4) is 0 Å². The number of ether oxygens (including phenoxy) is 2. The monoisotopic (exact) mass is 487 g/mol. The van der Waals surface area contributed by atoms with E-state index < -0.39 is 16.1 Å². The molecule has 11 heteroatoms. The van der Waals surface area contributed by atoms with E-state index in [2.05, 4.69) is 20.0 Å². The summed E-state index contributed by atoms with van der Waals surface area (Å²) in [6.07, 6.45) is 1.04. The van der Waals surface area contributed by atoms with Crippen molar-refractivity contribution in [3.05, 3.63) is 54.0 Å². The Labute approximate surface area is 196 Å². The highest BCUT2D eigenvalue weighted by atomic mass is 32.2. The van der Waals surface area contributed by atoms with E-state index in [0.717, 1.165) is 16.9 Å². The fraction of sp³-hybridized carbons (Fsp3) is 0.364. The van der Waals surface area contributed by atoms with Gasteiger partial charge in [0.15, 0.2) is 0 Å². The van der Waals surface area contributed by atoms with Gasteiger partial charge < -0.3 is 19.7 Å². The standard InChI is InChI=1S/C22H25N5O4S2/c1-27(2)15-7-5-14(6-8-15)16-9-10-23-22(24-16)25-17-12-30-21-18(13-31-20(17)21)26-33(28,29)19-4-3-11-32-19/h3-11,17-18,20-21,26H,12-13H2,1-2H3,(H,23,24,25)/t17-,18-,20+,21+/m0/s1. The molecule has 1 aromatic carbocycles. The van der Waals surface area contributed by atoms with E-state index in [9.17, 15) is 8.42 Å². The van der Waals surface area contributed by atoms with Crippen molar-refractivity contribution < 1.29 is 17.9 Å². The molecule has 2 N–H and O–H groups in total. The molecule has 2 fully saturated rings. The first-order valence-electron chi connectivity index (χ1n) is 10.6. The minimum absolute atomic E-state index is 0.183. The molecule has 4 heterocycles. The SMILES string of the molecule is CN(C)c1ccc(-c2ccnc(N[C@H]3CO[C@H]4[C@@H]3OC[C@@H]4NS(=O)(=O)c3cccs3)n2)cc1. The maximum Gasteiger partial charge on any atom is 0.250 e. The van der Waals surface area contributed by atoms with Crippen molar-refractivity contribution in [1.29, 1.82) is 0 Å². The van der Waals surface area contributed by atoms with E-state index in [1.165, 1.54) is 11.3 Å². The van der Waals surface area contributed by atoms with Crippen LogP contribution in [0.2, 0.25) is 0 Å². The summed E-state index contributed by atoms with van der Waals surface area (Å²) in [5.74, 6) is 0.477. The molecule has 2 aliphatic rings. The molecule has 0 radical (unpaired) electrons. The van der Waals surface area contributed by atoms with Gasteiger partial charge in [0.1, 0.15) is 16.4 Å². The molecular weight excluding hydrogens is 462 g/mol. The Balaban J connectivity index is 1.26. The first-order chi connectivity index (χ1) is 15.9. The molecule has 4 atom stereocenters. The lowest BCUT2D eigenvalue weighted by Crippen LogP contribution is -2.44. The Morgan fingerprint density at radius 1 is 1.03 bits per heavy atom. The predicted octanol–water partition coefficient (Wildman–Crippen LogP) is 2.20. The number of anilines is 2. The molecule has 3 aromatic rings. The maximum atomic E-state index is 12.6. The normalized spacial score (nSPS) is 24.5. The average molecular weight is 488 g/mol. The molecule has 0 spiro atoms. The zero-order chi connectivity index (χ0) is 23.0. The molecule has 0 saturated carbocycles. The van der Waals surface area contributed by atoms with Gasteiger partial charge in [-0.05, 0) is 29.6 Å². The second-order valence-electron chi connectivity index (χ2n) is 8.21. The first-order valence-corrected chi connectivity index (χ1v) is 12.9. The van der Waals surface area contributed by atoms with Crippen molar-refractivity contribution >= 4 is 33.0 Å². The maximum absolute atomic E-state index is 12.6. The van der Waals surface area contributed by atoms with Gasteiger partial charge in [0.2, 0.25) is 16.0 Å². The molecule has 0 amide bonds. The molecule has 2 saturated heterocycles. The fourth-order valence-corrected chi connectivity index (χ4v) is 6.32. The summed E-state index contributed by atoms with van der Waals surface area (Å²) in [5.41, 5.74) is 2.91. The van der Waals surface area contributed by atoms with Gasteiger partial charge in [-0.1, -0.05) is 18.2 Å². The Morgan fingerprint density at radius 3 is 2.45 bits per heavy atom. The molecule has 33 heavy (non-hydrogen) atoms. The van der Waals surface area contributed by atoms with E-state index >= 15 is 0 Å². The molecule has 9 nitrogen and oxygen atoms in total. The molecule has 2 aliphatic heterocycles. The highest BCUT2D eigenvalue weighted by molar-refractivity contribution is 7.91. The lowest BCUT2D eigenvalue weighted by molar-refractivity contribution is 0.0690. The number of hydrogen-bond acceptors (Lipinski definition) is 9. The van der Waals surface area contributed by atoms with Crippen LogP contribution in [0.4, 0.5) is 11.6 Å². The molecule has 5 rings (SSSR count). The van der Waals surface area contributed by atoms with Gasteiger partial charge in [-0.2, -0.15) is 0 Å². The Hall–Kier alpha value is -2.57. The van der Waals surface area contributed by atoms with Crippen molar-refractivity contribution in [2.75, 3.05) is 37.5 Å². The van der Waals surface area contributed by atoms with Gasteiger partial charge in [0, 0.05) is 31.5 Å². The van der Waals surface area contributed by atoms with Crippen molar-refractivity contribution in [3.8, 4) is 11.3 Å². The summed E-state index contributed by atoms with van der Waals surface area (Å²) in [7, 11) is 0.403. The molecule has 174 valence electrons. The van der Waals surface area contributed by atoms with Crippen LogP contribution in [-0.2, 0) is 19.5 Å². The summed E-state index contributed by atoms with van der Waals surface area (Å²) in [5, 5.41) is 5.04. The van der Waals surface area contributed by atoms with Crippen LogP contribution in [0.15, 0.2) is 58.3 Å². The van der Waals surface area contributed by atoms with Crippen LogP contribution in [0.1, 0.15) is 0 Å². The third-order valence-electron chi connectivity index (χ3n) is 5.77. The third-order valence-corrected chi connectivity index (χ3v) is 8.66. The Kier molecular flexibility index (Phi) is 6.06. The number of fused-ring (bicyclic) bond motifs is 1. The van der Waals surface area contributed by atoms with Crippen molar-refractivity contribution in [2.45, 2.75) is 28.5 Å².